The molecule has 14 heavy (non-hydrogen) atoms. The fourth-order valence-corrected chi connectivity index (χ4v) is 1.09. The topological polar surface area (TPSA) is 76.4 Å². The quantitative estimate of drug-likeness (QED) is 0.306. The van der Waals surface area contributed by atoms with Crippen LogP contribution in [0, 0.1) is 5.92 Å². The highest BCUT2D eigenvalue weighted by atomic mass is 15.0. The van der Waals surface area contributed by atoms with Crippen molar-refractivity contribution in [3.8, 4) is 0 Å². The molecule has 84 valence electrons. The van der Waals surface area contributed by atoms with E-state index >= 15 is 0 Å². The summed E-state index contributed by atoms with van der Waals surface area (Å²) in [6.45, 7) is 7.39. The van der Waals surface area contributed by atoms with Gasteiger partial charge in [-0.3, -0.25) is 4.99 Å². The Morgan fingerprint density at radius 2 is 1.93 bits per heavy atom. The summed E-state index contributed by atoms with van der Waals surface area (Å²) in [4.78, 5) is 3.92. The maximum absolute atomic E-state index is 5.20. The van der Waals surface area contributed by atoms with Crippen LogP contribution in [0.25, 0.3) is 0 Å². The molecule has 0 bridgehead atoms. The Morgan fingerprint density at radius 3 is 2.50 bits per heavy atom. The molecule has 0 rings (SSSR count). The number of hydrogen-bond donors (Lipinski definition) is 3. The van der Waals surface area contributed by atoms with Gasteiger partial charge in [-0.25, -0.2) is 0 Å². The minimum atomic E-state index is 0.192. The molecule has 0 saturated carbocycles. The zero-order valence-corrected chi connectivity index (χ0v) is 9.42. The summed E-state index contributed by atoms with van der Waals surface area (Å²) in [5, 5.41) is 3.39. The summed E-state index contributed by atoms with van der Waals surface area (Å²) in [6, 6.07) is 0. The van der Waals surface area contributed by atoms with Crippen molar-refractivity contribution >= 4 is 5.96 Å². The van der Waals surface area contributed by atoms with E-state index in [4.69, 9.17) is 11.5 Å². The van der Waals surface area contributed by atoms with Gasteiger partial charge in [0, 0.05) is 6.54 Å². The van der Waals surface area contributed by atoms with Crippen LogP contribution in [0.15, 0.2) is 4.99 Å². The fraction of sp³-hybridized carbons (Fsp3) is 0.900. The van der Waals surface area contributed by atoms with Gasteiger partial charge in [0.25, 0.3) is 0 Å². The molecule has 0 aromatic heterocycles. The second-order valence-corrected chi connectivity index (χ2v) is 3.95. The van der Waals surface area contributed by atoms with Crippen molar-refractivity contribution in [2.75, 3.05) is 19.6 Å². The van der Waals surface area contributed by atoms with Gasteiger partial charge in [0.15, 0.2) is 5.96 Å². The molecule has 0 unspecified atom stereocenters. The summed E-state index contributed by atoms with van der Waals surface area (Å²) >= 11 is 0. The Hall–Kier alpha value is -0.770. The van der Waals surface area contributed by atoms with Crippen LogP contribution >= 0.6 is 0 Å². The van der Waals surface area contributed by atoms with Gasteiger partial charge >= 0.3 is 0 Å². The highest BCUT2D eigenvalue weighted by Crippen LogP contribution is 1.96. The van der Waals surface area contributed by atoms with Gasteiger partial charge in [0.05, 0.1) is 0 Å². The predicted molar refractivity (Wildman–Crippen MR) is 62.2 cm³/mol. The molecule has 0 amide bonds. The number of guanidine groups is 1. The smallest absolute Gasteiger partial charge is 0.185 e. The second kappa shape index (κ2) is 8.81. The van der Waals surface area contributed by atoms with E-state index in [1.165, 1.54) is 6.42 Å². The van der Waals surface area contributed by atoms with Gasteiger partial charge in [-0.05, 0) is 38.3 Å². The van der Waals surface area contributed by atoms with Gasteiger partial charge in [-0.1, -0.05) is 13.8 Å². The Kier molecular flexibility index (Phi) is 8.33. The molecule has 0 aromatic carbocycles. The van der Waals surface area contributed by atoms with Crippen LogP contribution in [0.1, 0.15) is 33.1 Å². The molecule has 4 nitrogen and oxygen atoms in total. The van der Waals surface area contributed by atoms with Gasteiger partial charge in [-0.2, -0.15) is 0 Å². The third-order valence-corrected chi connectivity index (χ3v) is 1.95. The van der Waals surface area contributed by atoms with Gasteiger partial charge in [0.2, 0.25) is 0 Å². The predicted octanol–water partition coefficient (Wildman–Crippen LogP) is 0.676. The van der Waals surface area contributed by atoms with E-state index in [-0.39, 0.29) is 5.96 Å². The number of nitrogens with two attached hydrogens (primary N) is 2. The molecular formula is C10H24N4. The normalized spacial score (nSPS) is 10.5. The number of nitrogens with one attached hydrogen (secondary N) is 1. The summed E-state index contributed by atoms with van der Waals surface area (Å²) < 4.78 is 0. The molecule has 0 fully saturated rings. The van der Waals surface area contributed by atoms with Crippen LogP contribution in [0.4, 0.5) is 0 Å². The number of rotatable bonds is 8. The molecule has 0 aliphatic carbocycles. The second-order valence-electron chi connectivity index (χ2n) is 3.95. The van der Waals surface area contributed by atoms with E-state index in [0.29, 0.717) is 0 Å². The first-order valence-corrected chi connectivity index (χ1v) is 5.39. The standard InChI is InChI=1S/C10H24N4/c1-9(2)5-8-13-6-3-4-7-14-10(11)12/h9,13H,3-8H2,1-2H3,(H4,11,12,14). The third-order valence-electron chi connectivity index (χ3n) is 1.95. The number of hydrogen-bond acceptors (Lipinski definition) is 2. The average Bonchev–Trinajstić information content (AvgIpc) is 2.08. The van der Waals surface area contributed by atoms with E-state index in [0.717, 1.165) is 38.4 Å². The molecule has 4 heteroatoms. The summed E-state index contributed by atoms with van der Waals surface area (Å²) in [7, 11) is 0. The van der Waals surface area contributed by atoms with Crippen LogP contribution < -0.4 is 16.8 Å². The van der Waals surface area contributed by atoms with E-state index in [1.807, 2.05) is 0 Å². The van der Waals surface area contributed by atoms with Crippen LogP contribution in [-0.4, -0.2) is 25.6 Å². The van der Waals surface area contributed by atoms with Crippen molar-refractivity contribution in [1.82, 2.24) is 5.32 Å². The molecule has 0 aliphatic rings. The molecule has 0 spiro atoms. The number of nitrogens with zero attached hydrogens (tertiary/aromatic N) is 1. The summed E-state index contributed by atoms with van der Waals surface area (Å²) in [5.74, 6) is 0.974. The molecular weight excluding hydrogens is 176 g/mol. The largest absolute Gasteiger partial charge is 0.370 e. The van der Waals surface area contributed by atoms with Crippen LogP contribution in [0.5, 0.6) is 0 Å². The highest BCUT2D eigenvalue weighted by Gasteiger charge is 1.92. The van der Waals surface area contributed by atoms with Crippen molar-refractivity contribution < 1.29 is 0 Å². The van der Waals surface area contributed by atoms with Crippen molar-refractivity contribution in [1.29, 1.82) is 0 Å². The first kappa shape index (κ1) is 13.2. The highest BCUT2D eigenvalue weighted by molar-refractivity contribution is 5.75. The summed E-state index contributed by atoms with van der Waals surface area (Å²) in [6.07, 6.45) is 3.43. The SMILES string of the molecule is CC(C)CCNCCCCN=C(N)N. The molecule has 0 atom stereocenters. The van der Waals surface area contributed by atoms with Gasteiger partial charge in [-0.15, -0.1) is 0 Å². The Labute approximate surface area is 87.1 Å². The summed E-state index contributed by atoms with van der Waals surface area (Å²) in [5.41, 5.74) is 10.4. The van der Waals surface area contributed by atoms with Crippen LogP contribution in [-0.2, 0) is 0 Å². The minimum Gasteiger partial charge on any atom is -0.370 e. The third kappa shape index (κ3) is 11.2. The van der Waals surface area contributed by atoms with Crippen molar-refractivity contribution in [3.63, 3.8) is 0 Å². The first-order valence-electron chi connectivity index (χ1n) is 5.39. The Bertz CT molecular complexity index is 150. The van der Waals surface area contributed by atoms with Crippen molar-refractivity contribution in [2.45, 2.75) is 33.1 Å². The van der Waals surface area contributed by atoms with E-state index < -0.39 is 0 Å². The average molecular weight is 200 g/mol. The minimum absolute atomic E-state index is 0.192. The fourth-order valence-electron chi connectivity index (χ4n) is 1.09. The number of unbranched alkanes of at least 4 members (excludes halogenated alkanes) is 1. The molecule has 0 saturated heterocycles. The Morgan fingerprint density at radius 1 is 1.21 bits per heavy atom. The monoisotopic (exact) mass is 200 g/mol. The van der Waals surface area contributed by atoms with Crippen molar-refractivity contribution in [2.24, 2.45) is 22.4 Å². The van der Waals surface area contributed by atoms with Crippen LogP contribution in [0.3, 0.4) is 0 Å². The van der Waals surface area contributed by atoms with Crippen molar-refractivity contribution in [3.05, 3.63) is 0 Å². The van der Waals surface area contributed by atoms with E-state index in [2.05, 4.69) is 24.2 Å². The Balaban J connectivity index is 3.03. The molecule has 0 radical (unpaired) electrons. The molecule has 0 heterocycles. The maximum atomic E-state index is 5.20. The van der Waals surface area contributed by atoms with Crippen LogP contribution in [0.2, 0.25) is 0 Å². The molecule has 0 aromatic rings. The number of aliphatic imine (C=N–C) groups is 1. The lowest BCUT2D eigenvalue weighted by molar-refractivity contribution is 0.528. The molecule has 5 N–H and O–H groups in total. The lowest BCUT2D eigenvalue weighted by atomic mass is 10.1. The maximum Gasteiger partial charge on any atom is 0.185 e. The van der Waals surface area contributed by atoms with E-state index in [9.17, 15) is 0 Å². The lowest BCUT2D eigenvalue weighted by Gasteiger charge is -2.05. The zero-order valence-electron chi connectivity index (χ0n) is 9.42. The van der Waals surface area contributed by atoms with Gasteiger partial charge in [0.1, 0.15) is 0 Å². The lowest BCUT2D eigenvalue weighted by Crippen LogP contribution is -2.23. The van der Waals surface area contributed by atoms with E-state index in [1.54, 1.807) is 0 Å². The first-order chi connectivity index (χ1) is 6.63. The van der Waals surface area contributed by atoms with Gasteiger partial charge < -0.3 is 16.8 Å². The zero-order chi connectivity index (χ0) is 10.8. The molecule has 0 aliphatic heterocycles.